The average molecular weight is 309 g/mol. The zero-order valence-electron chi connectivity index (χ0n) is 13.4. The van der Waals surface area contributed by atoms with Crippen molar-refractivity contribution in [3.63, 3.8) is 0 Å². The van der Waals surface area contributed by atoms with Gasteiger partial charge in [0.15, 0.2) is 0 Å². The summed E-state index contributed by atoms with van der Waals surface area (Å²) in [6, 6.07) is -1.35. The average Bonchev–Trinajstić information content (AvgIpc) is 2.96. The first-order valence-corrected chi connectivity index (χ1v) is 7.40. The SMILES string of the molecule is Cc1nnn([C@H](C(=O)N2CC(O)CC2C(N)=O)C(C)C)c1C. The van der Waals surface area contributed by atoms with Gasteiger partial charge in [0.1, 0.15) is 12.1 Å². The molecule has 1 fully saturated rings. The van der Waals surface area contributed by atoms with Gasteiger partial charge in [-0.1, -0.05) is 19.1 Å². The number of hydrogen-bond donors (Lipinski definition) is 2. The third kappa shape index (κ3) is 2.83. The largest absolute Gasteiger partial charge is 0.391 e. The number of aromatic nitrogens is 3. The molecule has 0 saturated carbocycles. The lowest BCUT2D eigenvalue weighted by molar-refractivity contribution is -0.141. The number of likely N-dealkylation sites (tertiary alicyclic amines) is 1. The molecule has 0 bridgehead atoms. The number of carbonyl (C=O) groups excluding carboxylic acids is 2. The molecule has 2 heterocycles. The Labute approximate surface area is 129 Å². The number of rotatable bonds is 4. The van der Waals surface area contributed by atoms with E-state index in [4.69, 9.17) is 5.73 Å². The van der Waals surface area contributed by atoms with Crippen LogP contribution in [0.2, 0.25) is 0 Å². The van der Waals surface area contributed by atoms with Crippen LogP contribution in [0.1, 0.15) is 37.7 Å². The summed E-state index contributed by atoms with van der Waals surface area (Å²) in [5.41, 5.74) is 6.92. The van der Waals surface area contributed by atoms with Gasteiger partial charge in [0.25, 0.3) is 0 Å². The second-order valence-corrected chi connectivity index (χ2v) is 6.19. The minimum absolute atomic E-state index is 0.0430. The smallest absolute Gasteiger partial charge is 0.248 e. The number of nitrogens with two attached hydrogens (primary N) is 1. The Hall–Kier alpha value is -1.96. The maximum absolute atomic E-state index is 12.9. The molecule has 1 aromatic rings. The fourth-order valence-corrected chi connectivity index (χ4v) is 2.85. The highest BCUT2D eigenvalue weighted by Gasteiger charge is 2.42. The maximum atomic E-state index is 12.9. The predicted molar refractivity (Wildman–Crippen MR) is 78.7 cm³/mol. The van der Waals surface area contributed by atoms with Crippen LogP contribution in [0, 0.1) is 19.8 Å². The lowest BCUT2D eigenvalue weighted by Crippen LogP contribution is -2.47. The van der Waals surface area contributed by atoms with Crippen molar-refractivity contribution in [1.82, 2.24) is 19.9 Å². The molecule has 2 amide bonds. The van der Waals surface area contributed by atoms with Crippen LogP contribution in [-0.4, -0.2) is 55.5 Å². The summed E-state index contributed by atoms with van der Waals surface area (Å²) in [4.78, 5) is 25.8. The Kier molecular flexibility index (Phi) is 4.50. The van der Waals surface area contributed by atoms with Crippen LogP contribution in [0.15, 0.2) is 0 Å². The van der Waals surface area contributed by atoms with Crippen LogP contribution in [0.4, 0.5) is 0 Å². The van der Waals surface area contributed by atoms with Gasteiger partial charge < -0.3 is 15.7 Å². The van der Waals surface area contributed by atoms with Gasteiger partial charge in [0.05, 0.1) is 17.5 Å². The first-order valence-electron chi connectivity index (χ1n) is 7.40. The van der Waals surface area contributed by atoms with Gasteiger partial charge in [-0.05, 0) is 19.8 Å². The van der Waals surface area contributed by atoms with E-state index in [2.05, 4.69) is 10.3 Å². The van der Waals surface area contributed by atoms with E-state index in [1.165, 1.54) is 4.90 Å². The van der Waals surface area contributed by atoms with E-state index < -0.39 is 24.1 Å². The van der Waals surface area contributed by atoms with E-state index in [9.17, 15) is 14.7 Å². The first kappa shape index (κ1) is 16.4. The van der Waals surface area contributed by atoms with Crippen molar-refractivity contribution in [1.29, 1.82) is 0 Å². The fraction of sp³-hybridized carbons (Fsp3) is 0.714. The van der Waals surface area contributed by atoms with Crippen molar-refractivity contribution in [2.45, 2.75) is 52.3 Å². The summed E-state index contributed by atoms with van der Waals surface area (Å²) in [7, 11) is 0. The molecule has 22 heavy (non-hydrogen) atoms. The number of primary amides is 1. The molecule has 122 valence electrons. The van der Waals surface area contributed by atoms with E-state index in [0.29, 0.717) is 0 Å². The Morgan fingerprint density at radius 1 is 1.36 bits per heavy atom. The van der Waals surface area contributed by atoms with Crippen LogP contribution >= 0.6 is 0 Å². The van der Waals surface area contributed by atoms with Crippen molar-refractivity contribution in [2.24, 2.45) is 11.7 Å². The summed E-state index contributed by atoms with van der Waals surface area (Å²) in [5, 5.41) is 17.8. The molecule has 0 radical (unpaired) electrons. The molecular weight excluding hydrogens is 286 g/mol. The zero-order chi connectivity index (χ0) is 16.6. The molecule has 1 saturated heterocycles. The number of aliphatic hydroxyl groups excluding tert-OH is 1. The number of amides is 2. The highest BCUT2D eigenvalue weighted by molar-refractivity contribution is 5.89. The second kappa shape index (κ2) is 6.04. The van der Waals surface area contributed by atoms with E-state index in [0.717, 1.165) is 11.4 Å². The van der Waals surface area contributed by atoms with Gasteiger partial charge in [0, 0.05) is 13.0 Å². The minimum Gasteiger partial charge on any atom is -0.391 e. The topological polar surface area (TPSA) is 114 Å². The molecule has 3 atom stereocenters. The Balaban J connectivity index is 2.35. The van der Waals surface area contributed by atoms with Crippen LogP contribution in [0.3, 0.4) is 0 Å². The van der Waals surface area contributed by atoms with E-state index in [1.807, 2.05) is 27.7 Å². The van der Waals surface area contributed by atoms with Crippen LogP contribution in [0.25, 0.3) is 0 Å². The van der Waals surface area contributed by atoms with Crippen LogP contribution in [0.5, 0.6) is 0 Å². The molecule has 1 aliphatic heterocycles. The standard InChI is InChI=1S/C14H23N5O3/c1-7(2)12(19-9(4)8(3)16-17-19)14(22)18-6-10(20)5-11(18)13(15)21/h7,10-12,20H,5-6H2,1-4H3,(H2,15,21)/t10?,11?,12-/m0/s1. The highest BCUT2D eigenvalue weighted by atomic mass is 16.3. The number of aryl methyl sites for hydroxylation is 1. The number of β-amino-alcohol motifs (C(OH)–C–C–N with tert-alkyl or cyclic N) is 1. The lowest BCUT2D eigenvalue weighted by Gasteiger charge is -2.29. The molecule has 1 aromatic heterocycles. The first-order chi connectivity index (χ1) is 10.2. The van der Waals surface area contributed by atoms with E-state index >= 15 is 0 Å². The third-order valence-corrected chi connectivity index (χ3v) is 4.20. The number of nitrogens with zero attached hydrogens (tertiary/aromatic N) is 4. The number of aliphatic hydroxyl groups is 1. The molecule has 8 heteroatoms. The Morgan fingerprint density at radius 2 is 2.00 bits per heavy atom. The van der Waals surface area contributed by atoms with Crippen molar-refractivity contribution >= 4 is 11.8 Å². The predicted octanol–water partition coefficient (Wildman–Crippen LogP) is -0.461. The van der Waals surface area contributed by atoms with Gasteiger partial charge >= 0.3 is 0 Å². The Morgan fingerprint density at radius 3 is 2.45 bits per heavy atom. The van der Waals surface area contributed by atoms with Gasteiger partial charge in [0.2, 0.25) is 11.8 Å². The quantitative estimate of drug-likeness (QED) is 0.781. The van der Waals surface area contributed by atoms with Crippen molar-refractivity contribution in [3.8, 4) is 0 Å². The van der Waals surface area contributed by atoms with Crippen LogP contribution in [-0.2, 0) is 9.59 Å². The van der Waals surface area contributed by atoms with Crippen molar-refractivity contribution in [2.75, 3.05) is 6.54 Å². The summed E-state index contributed by atoms with van der Waals surface area (Å²) >= 11 is 0. The molecule has 0 spiro atoms. The normalized spacial score (nSPS) is 23.1. The van der Waals surface area contributed by atoms with Gasteiger partial charge in [-0.25, -0.2) is 4.68 Å². The molecule has 0 aliphatic carbocycles. The van der Waals surface area contributed by atoms with Crippen LogP contribution < -0.4 is 5.73 Å². The zero-order valence-corrected chi connectivity index (χ0v) is 13.4. The Bertz CT molecular complexity index is 583. The minimum atomic E-state index is -0.770. The highest BCUT2D eigenvalue weighted by Crippen LogP contribution is 2.27. The maximum Gasteiger partial charge on any atom is 0.248 e. The molecular formula is C14H23N5O3. The van der Waals surface area contributed by atoms with Crippen molar-refractivity contribution < 1.29 is 14.7 Å². The molecule has 1 aliphatic rings. The molecule has 8 nitrogen and oxygen atoms in total. The summed E-state index contributed by atoms with van der Waals surface area (Å²) in [6.45, 7) is 7.60. The third-order valence-electron chi connectivity index (χ3n) is 4.20. The molecule has 3 N–H and O–H groups in total. The second-order valence-electron chi connectivity index (χ2n) is 6.19. The lowest BCUT2D eigenvalue weighted by atomic mass is 10.0. The monoisotopic (exact) mass is 309 g/mol. The molecule has 0 aromatic carbocycles. The van der Waals surface area contributed by atoms with Gasteiger partial charge in [-0.15, -0.1) is 5.10 Å². The van der Waals surface area contributed by atoms with Gasteiger partial charge in [-0.3, -0.25) is 9.59 Å². The molecule has 2 rings (SSSR count). The fourth-order valence-electron chi connectivity index (χ4n) is 2.85. The van der Waals surface area contributed by atoms with E-state index in [1.54, 1.807) is 4.68 Å². The number of hydrogen-bond acceptors (Lipinski definition) is 5. The summed E-state index contributed by atoms with van der Waals surface area (Å²) < 4.78 is 1.59. The van der Waals surface area contributed by atoms with Gasteiger partial charge in [-0.2, -0.15) is 0 Å². The summed E-state index contributed by atoms with van der Waals surface area (Å²) in [6.07, 6.45) is -0.547. The van der Waals surface area contributed by atoms with Crippen molar-refractivity contribution in [3.05, 3.63) is 11.4 Å². The number of carbonyl (C=O) groups is 2. The molecule has 2 unspecified atom stereocenters. The summed E-state index contributed by atoms with van der Waals surface area (Å²) in [5.74, 6) is -0.902. The van der Waals surface area contributed by atoms with E-state index in [-0.39, 0.29) is 24.8 Å².